The number of benzene rings is 2. The number of imide groups is 1. The number of nitrogens with one attached hydrogen (secondary N) is 2. The minimum atomic E-state index is -0.631. The van der Waals surface area contributed by atoms with Crippen molar-refractivity contribution in [2.24, 2.45) is 0 Å². The van der Waals surface area contributed by atoms with Gasteiger partial charge in [-0.1, -0.05) is 12.1 Å². The molecular formula is C30H31N5O4. The van der Waals surface area contributed by atoms with Crippen molar-refractivity contribution < 1.29 is 19.1 Å². The van der Waals surface area contributed by atoms with Crippen molar-refractivity contribution in [2.75, 3.05) is 6.54 Å². The second-order valence-corrected chi connectivity index (χ2v) is 11.0. The van der Waals surface area contributed by atoms with E-state index in [9.17, 15) is 14.4 Å². The number of aromatic nitrogens is 2. The minimum absolute atomic E-state index is 0.0136. The molecule has 9 nitrogen and oxygen atoms in total. The summed E-state index contributed by atoms with van der Waals surface area (Å²) in [5.41, 5.74) is 4.72. The van der Waals surface area contributed by atoms with Crippen LogP contribution in [0.5, 0.6) is 5.75 Å². The van der Waals surface area contributed by atoms with Gasteiger partial charge < -0.3 is 15.0 Å². The van der Waals surface area contributed by atoms with Gasteiger partial charge in [0.2, 0.25) is 11.8 Å². The third-order valence-corrected chi connectivity index (χ3v) is 8.64. The summed E-state index contributed by atoms with van der Waals surface area (Å²) in [4.78, 5) is 39.4. The van der Waals surface area contributed by atoms with Crippen LogP contribution in [0.1, 0.15) is 77.5 Å². The number of hydrogen-bond donors (Lipinski definition) is 2. The number of hydrogen-bond acceptors (Lipinski definition) is 6. The largest absolute Gasteiger partial charge is 0.490 e. The molecule has 4 heterocycles. The standard InChI is InChI=1S/C30H31N5O4/c36-27-11-10-25(29(37)33-27)34-17-19-14-26(39-21-4-1-2-5-21)23(15-22(19)30(34)38)28-24(16-31-28)18-6-8-20(9-7-18)35-13-3-12-32-35/h3,6-9,12-15,21,24-25,28,31H,1-2,4-5,10-11,16-17H2,(H,33,36,37). The molecule has 3 atom stereocenters. The summed E-state index contributed by atoms with van der Waals surface area (Å²) in [5, 5.41) is 10.3. The van der Waals surface area contributed by atoms with Gasteiger partial charge in [-0.3, -0.25) is 19.7 Å². The van der Waals surface area contributed by atoms with Crippen molar-refractivity contribution in [3.05, 3.63) is 77.1 Å². The zero-order valence-corrected chi connectivity index (χ0v) is 21.6. The van der Waals surface area contributed by atoms with Gasteiger partial charge in [0.25, 0.3) is 5.91 Å². The number of fused-ring (bicyclic) bond motifs is 1. The topological polar surface area (TPSA) is 106 Å². The zero-order chi connectivity index (χ0) is 26.5. The van der Waals surface area contributed by atoms with Gasteiger partial charge in [-0.05, 0) is 73.6 Å². The lowest BCUT2D eigenvalue weighted by Crippen LogP contribution is -2.52. The van der Waals surface area contributed by atoms with Crippen molar-refractivity contribution in [3.63, 3.8) is 0 Å². The Morgan fingerprint density at radius 1 is 1.00 bits per heavy atom. The smallest absolute Gasteiger partial charge is 0.255 e. The molecule has 0 spiro atoms. The molecule has 39 heavy (non-hydrogen) atoms. The molecule has 7 rings (SSSR count). The maximum atomic E-state index is 13.6. The molecule has 9 heteroatoms. The normalized spacial score (nSPS) is 25.0. The van der Waals surface area contributed by atoms with Crippen LogP contribution >= 0.6 is 0 Å². The van der Waals surface area contributed by atoms with Crippen molar-refractivity contribution in [3.8, 4) is 11.4 Å². The molecule has 3 aliphatic heterocycles. The van der Waals surface area contributed by atoms with Gasteiger partial charge in [0.1, 0.15) is 11.8 Å². The van der Waals surface area contributed by atoms with Crippen molar-refractivity contribution in [2.45, 2.75) is 69.2 Å². The Bertz CT molecular complexity index is 1430. The number of nitrogens with zero attached hydrogens (tertiary/aromatic N) is 3. The Hall–Kier alpha value is -3.98. The lowest BCUT2D eigenvalue weighted by atomic mass is 9.80. The summed E-state index contributed by atoms with van der Waals surface area (Å²) in [7, 11) is 0. The van der Waals surface area contributed by atoms with Gasteiger partial charge in [0.05, 0.1) is 11.8 Å². The van der Waals surface area contributed by atoms with Crippen molar-refractivity contribution in [1.82, 2.24) is 25.3 Å². The highest BCUT2D eigenvalue weighted by Gasteiger charge is 2.42. The van der Waals surface area contributed by atoms with Gasteiger partial charge in [0.15, 0.2) is 0 Å². The first-order valence-electron chi connectivity index (χ1n) is 13.9. The Morgan fingerprint density at radius 2 is 1.82 bits per heavy atom. The molecule has 1 saturated carbocycles. The van der Waals surface area contributed by atoms with Crippen LogP contribution in [-0.4, -0.2) is 51.1 Å². The van der Waals surface area contributed by atoms with Gasteiger partial charge in [-0.2, -0.15) is 5.10 Å². The molecule has 4 aliphatic rings. The van der Waals surface area contributed by atoms with Crippen LogP contribution in [0.15, 0.2) is 54.9 Å². The fourth-order valence-corrected chi connectivity index (χ4v) is 6.43. The predicted octanol–water partition coefficient (Wildman–Crippen LogP) is 3.38. The number of ether oxygens (including phenoxy) is 1. The quantitative estimate of drug-likeness (QED) is 0.478. The van der Waals surface area contributed by atoms with Crippen LogP contribution in [0.25, 0.3) is 5.69 Å². The molecule has 3 unspecified atom stereocenters. The molecule has 0 radical (unpaired) electrons. The number of carbonyl (C=O) groups is 3. The number of amides is 3. The number of carbonyl (C=O) groups excluding carboxylic acids is 3. The third kappa shape index (κ3) is 4.30. The van der Waals surface area contributed by atoms with E-state index in [4.69, 9.17) is 4.74 Å². The molecular weight excluding hydrogens is 494 g/mol. The van der Waals surface area contributed by atoms with E-state index in [1.165, 1.54) is 18.4 Å². The molecule has 3 aromatic rings. The molecule has 200 valence electrons. The zero-order valence-electron chi connectivity index (χ0n) is 21.6. The lowest BCUT2D eigenvalue weighted by molar-refractivity contribution is -0.136. The van der Waals surface area contributed by atoms with E-state index in [0.717, 1.165) is 42.0 Å². The van der Waals surface area contributed by atoms with Crippen LogP contribution in [0.4, 0.5) is 0 Å². The second kappa shape index (κ2) is 9.64. The number of piperidine rings is 1. The van der Waals surface area contributed by atoms with Gasteiger partial charge in [0, 0.05) is 55.0 Å². The molecule has 1 aliphatic carbocycles. The molecule has 2 saturated heterocycles. The van der Waals surface area contributed by atoms with Crippen LogP contribution in [0, 0.1) is 0 Å². The monoisotopic (exact) mass is 525 g/mol. The highest BCUT2D eigenvalue weighted by molar-refractivity contribution is 6.05. The Morgan fingerprint density at radius 3 is 2.51 bits per heavy atom. The van der Waals surface area contributed by atoms with E-state index in [0.29, 0.717) is 18.5 Å². The molecule has 2 N–H and O–H groups in total. The van der Waals surface area contributed by atoms with E-state index in [-0.39, 0.29) is 36.3 Å². The van der Waals surface area contributed by atoms with Crippen LogP contribution < -0.4 is 15.4 Å². The minimum Gasteiger partial charge on any atom is -0.490 e. The summed E-state index contributed by atoms with van der Waals surface area (Å²) < 4.78 is 8.43. The number of rotatable bonds is 6. The maximum absolute atomic E-state index is 13.6. The van der Waals surface area contributed by atoms with E-state index < -0.39 is 11.9 Å². The third-order valence-electron chi connectivity index (χ3n) is 8.64. The first-order valence-corrected chi connectivity index (χ1v) is 13.9. The summed E-state index contributed by atoms with van der Waals surface area (Å²) in [6.45, 7) is 1.18. The van der Waals surface area contributed by atoms with Gasteiger partial charge >= 0.3 is 0 Å². The average Bonchev–Trinajstić information content (AvgIpc) is 3.68. The molecule has 0 bridgehead atoms. The molecule has 1 aromatic heterocycles. The average molecular weight is 526 g/mol. The van der Waals surface area contributed by atoms with E-state index in [1.54, 1.807) is 11.1 Å². The van der Waals surface area contributed by atoms with Crippen LogP contribution in [0.2, 0.25) is 0 Å². The van der Waals surface area contributed by atoms with E-state index >= 15 is 0 Å². The Balaban J connectivity index is 1.19. The predicted molar refractivity (Wildman–Crippen MR) is 142 cm³/mol. The van der Waals surface area contributed by atoms with Crippen molar-refractivity contribution >= 4 is 17.7 Å². The summed E-state index contributed by atoms with van der Waals surface area (Å²) in [5.74, 6) is 0.231. The molecule has 2 aromatic carbocycles. The lowest BCUT2D eigenvalue weighted by Gasteiger charge is -2.40. The maximum Gasteiger partial charge on any atom is 0.255 e. The Labute approximate surface area is 226 Å². The Kier molecular flexibility index (Phi) is 5.96. The highest BCUT2D eigenvalue weighted by Crippen LogP contribution is 2.44. The summed E-state index contributed by atoms with van der Waals surface area (Å²) in [6, 6.07) is 13.7. The fraction of sp³-hybridized carbons (Fsp3) is 0.400. The van der Waals surface area contributed by atoms with E-state index in [2.05, 4.69) is 40.0 Å². The highest BCUT2D eigenvalue weighted by atomic mass is 16.5. The fourth-order valence-electron chi connectivity index (χ4n) is 6.43. The first kappa shape index (κ1) is 24.1. The van der Waals surface area contributed by atoms with Crippen LogP contribution in [0.3, 0.4) is 0 Å². The van der Waals surface area contributed by atoms with Gasteiger partial charge in [-0.25, -0.2) is 4.68 Å². The first-order chi connectivity index (χ1) is 19.0. The summed E-state index contributed by atoms with van der Waals surface area (Å²) >= 11 is 0. The summed E-state index contributed by atoms with van der Waals surface area (Å²) in [6.07, 6.45) is 8.87. The molecule has 3 amide bonds. The SMILES string of the molecule is O=C1CCC(N2Cc3cc(OC4CCCC4)c(C4NCC4c4ccc(-n5cccn5)cc4)cc3C2=O)C(=O)N1. The molecule has 3 fully saturated rings. The second-order valence-electron chi connectivity index (χ2n) is 11.0. The van der Waals surface area contributed by atoms with Crippen molar-refractivity contribution in [1.29, 1.82) is 0 Å². The van der Waals surface area contributed by atoms with Crippen LogP contribution in [-0.2, 0) is 16.1 Å². The van der Waals surface area contributed by atoms with Gasteiger partial charge in [-0.15, -0.1) is 0 Å². The van der Waals surface area contributed by atoms with E-state index in [1.807, 2.05) is 29.1 Å².